The number of hydrogen-bond acceptors (Lipinski definition) is 5. The fourth-order valence-electron chi connectivity index (χ4n) is 2.15. The Bertz CT molecular complexity index is 752. The molecule has 0 aliphatic heterocycles. The van der Waals surface area contributed by atoms with Crippen LogP contribution in [0.2, 0.25) is 0 Å². The summed E-state index contributed by atoms with van der Waals surface area (Å²) in [6.07, 6.45) is -1.22. The summed E-state index contributed by atoms with van der Waals surface area (Å²) >= 11 is 0. The molecule has 0 spiro atoms. The van der Waals surface area contributed by atoms with Crippen LogP contribution in [0.5, 0.6) is 5.75 Å². The molecule has 0 heterocycles. The Morgan fingerprint density at radius 2 is 2.09 bits per heavy atom. The molecule has 2 aromatic rings. The number of aromatic carboxylic acids is 1. The van der Waals surface area contributed by atoms with E-state index in [1.54, 1.807) is 24.3 Å². The molecule has 0 fully saturated rings. The minimum absolute atomic E-state index is 0.0129. The number of aliphatic hydroxyl groups is 1. The van der Waals surface area contributed by atoms with Gasteiger partial charge in [-0.2, -0.15) is 5.26 Å². The second kappa shape index (κ2) is 7.29. The predicted molar refractivity (Wildman–Crippen MR) is 84.3 cm³/mol. The van der Waals surface area contributed by atoms with Crippen molar-refractivity contribution in [2.45, 2.75) is 13.2 Å². The molecule has 23 heavy (non-hydrogen) atoms. The van der Waals surface area contributed by atoms with Crippen molar-refractivity contribution in [2.24, 2.45) is 0 Å². The predicted octanol–water partition coefficient (Wildman–Crippen LogP) is 2.76. The molecular formula is C17H16N2O4. The first-order valence-electron chi connectivity index (χ1n) is 7.00. The van der Waals surface area contributed by atoms with Crippen molar-refractivity contribution in [3.63, 3.8) is 0 Å². The van der Waals surface area contributed by atoms with Gasteiger partial charge in [0.15, 0.2) is 6.23 Å². The fourth-order valence-corrected chi connectivity index (χ4v) is 2.15. The first-order chi connectivity index (χ1) is 11.1. The molecule has 6 nitrogen and oxygen atoms in total. The van der Waals surface area contributed by atoms with Gasteiger partial charge in [-0.15, -0.1) is 0 Å². The smallest absolute Gasteiger partial charge is 0.336 e. The summed E-state index contributed by atoms with van der Waals surface area (Å²) in [6, 6.07) is 13.0. The van der Waals surface area contributed by atoms with Crippen LogP contribution in [-0.2, 0) is 0 Å². The number of hydrogen-bond donors (Lipinski definition) is 3. The number of benzene rings is 2. The summed E-state index contributed by atoms with van der Waals surface area (Å²) in [6.45, 7) is 2.26. The van der Waals surface area contributed by atoms with E-state index < -0.39 is 12.2 Å². The van der Waals surface area contributed by atoms with Gasteiger partial charge in [0.25, 0.3) is 0 Å². The molecule has 0 aliphatic rings. The Morgan fingerprint density at radius 1 is 1.35 bits per heavy atom. The van der Waals surface area contributed by atoms with E-state index in [0.717, 1.165) is 0 Å². The lowest BCUT2D eigenvalue weighted by molar-refractivity contribution is 0.0690. The molecule has 0 amide bonds. The van der Waals surface area contributed by atoms with E-state index in [1.807, 2.05) is 13.0 Å². The highest BCUT2D eigenvalue weighted by molar-refractivity contribution is 5.89. The quantitative estimate of drug-likeness (QED) is 0.709. The monoisotopic (exact) mass is 312 g/mol. The summed E-state index contributed by atoms with van der Waals surface area (Å²) in [4.78, 5) is 11.2. The molecule has 0 bridgehead atoms. The van der Waals surface area contributed by atoms with Gasteiger partial charge in [0.1, 0.15) is 11.8 Å². The molecule has 0 radical (unpaired) electrons. The maximum Gasteiger partial charge on any atom is 0.336 e. The fraction of sp³-hybridized carbons (Fsp3) is 0.176. The zero-order chi connectivity index (χ0) is 16.8. The zero-order valence-electron chi connectivity index (χ0n) is 12.5. The Labute approximate surface area is 133 Å². The van der Waals surface area contributed by atoms with Gasteiger partial charge in [0, 0.05) is 11.3 Å². The molecule has 0 saturated carbocycles. The van der Waals surface area contributed by atoms with Gasteiger partial charge < -0.3 is 20.3 Å². The zero-order valence-corrected chi connectivity index (χ0v) is 12.5. The molecule has 2 aromatic carbocycles. The molecule has 1 unspecified atom stereocenters. The van der Waals surface area contributed by atoms with E-state index in [-0.39, 0.29) is 11.1 Å². The molecule has 118 valence electrons. The van der Waals surface area contributed by atoms with Crippen LogP contribution in [0.25, 0.3) is 0 Å². The molecule has 2 rings (SSSR count). The summed E-state index contributed by atoms with van der Waals surface area (Å²) in [7, 11) is 0. The Kier molecular flexibility index (Phi) is 5.18. The highest BCUT2D eigenvalue weighted by atomic mass is 16.5. The van der Waals surface area contributed by atoms with Crippen LogP contribution < -0.4 is 10.1 Å². The molecule has 1 atom stereocenters. The number of carboxylic acid groups (broad SMARTS) is 1. The molecular weight excluding hydrogens is 296 g/mol. The Hall–Kier alpha value is -3.04. The van der Waals surface area contributed by atoms with E-state index in [4.69, 9.17) is 15.1 Å². The summed E-state index contributed by atoms with van der Waals surface area (Å²) < 4.78 is 5.33. The van der Waals surface area contributed by atoms with Crippen molar-refractivity contribution in [1.82, 2.24) is 0 Å². The van der Waals surface area contributed by atoms with Gasteiger partial charge in [-0.3, -0.25) is 0 Å². The normalized spacial score (nSPS) is 11.3. The lowest BCUT2D eigenvalue weighted by atomic mass is 10.1. The second-order valence-electron chi connectivity index (χ2n) is 4.70. The SMILES string of the molecule is CCOc1ccc(NC(O)c2ccccc2C(=O)O)cc1C#N. The third-order valence-corrected chi connectivity index (χ3v) is 3.19. The Balaban J connectivity index is 2.26. The van der Waals surface area contributed by atoms with Crippen molar-refractivity contribution >= 4 is 11.7 Å². The largest absolute Gasteiger partial charge is 0.492 e. The van der Waals surface area contributed by atoms with E-state index in [9.17, 15) is 9.90 Å². The molecule has 0 aliphatic carbocycles. The van der Waals surface area contributed by atoms with Gasteiger partial charge in [-0.1, -0.05) is 18.2 Å². The molecule has 3 N–H and O–H groups in total. The molecule has 0 aromatic heterocycles. The van der Waals surface area contributed by atoms with Crippen LogP contribution >= 0.6 is 0 Å². The number of ether oxygens (including phenoxy) is 1. The average Bonchev–Trinajstić information content (AvgIpc) is 2.56. The maximum absolute atomic E-state index is 11.2. The van der Waals surface area contributed by atoms with Gasteiger partial charge in [-0.25, -0.2) is 4.79 Å². The minimum atomic E-state index is -1.22. The lowest BCUT2D eigenvalue weighted by Gasteiger charge is -2.17. The van der Waals surface area contributed by atoms with Crippen LogP contribution in [-0.4, -0.2) is 22.8 Å². The maximum atomic E-state index is 11.2. The highest BCUT2D eigenvalue weighted by Gasteiger charge is 2.16. The summed E-state index contributed by atoms with van der Waals surface area (Å²) in [5, 5.41) is 31.3. The van der Waals surface area contributed by atoms with E-state index in [1.165, 1.54) is 18.2 Å². The van der Waals surface area contributed by atoms with Crippen LogP contribution in [0, 0.1) is 11.3 Å². The number of aliphatic hydroxyl groups excluding tert-OH is 1. The number of rotatable bonds is 6. The third kappa shape index (κ3) is 3.78. The van der Waals surface area contributed by atoms with Crippen LogP contribution in [0.4, 0.5) is 5.69 Å². The number of nitrogens with one attached hydrogen (secondary N) is 1. The molecule has 0 saturated heterocycles. The first kappa shape index (κ1) is 16.3. The average molecular weight is 312 g/mol. The van der Waals surface area contributed by atoms with Gasteiger partial charge in [0.2, 0.25) is 0 Å². The van der Waals surface area contributed by atoms with Gasteiger partial charge in [-0.05, 0) is 31.2 Å². The third-order valence-electron chi connectivity index (χ3n) is 3.19. The standard InChI is InChI=1S/C17H16N2O4/c1-2-23-15-8-7-12(9-11(15)10-18)19-16(20)13-5-3-4-6-14(13)17(21)22/h3-9,16,19-20H,2H2,1H3,(H,21,22). The van der Waals surface area contributed by atoms with E-state index >= 15 is 0 Å². The van der Waals surface area contributed by atoms with Gasteiger partial charge in [0.05, 0.1) is 17.7 Å². The second-order valence-corrected chi connectivity index (χ2v) is 4.70. The topological polar surface area (TPSA) is 103 Å². The van der Waals surface area contributed by atoms with Gasteiger partial charge >= 0.3 is 5.97 Å². The van der Waals surface area contributed by atoms with Crippen LogP contribution in [0.1, 0.15) is 34.6 Å². The highest BCUT2D eigenvalue weighted by Crippen LogP contribution is 2.25. The Morgan fingerprint density at radius 3 is 2.74 bits per heavy atom. The summed E-state index contributed by atoms with van der Waals surface area (Å²) in [5.41, 5.74) is 1.07. The van der Waals surface area contributed by atoms with Crippen molar-refractivity contribution in [3.8, 4) is 11.8 Å². The van der Waals surface area contributed by atoms with Crippen LogP contribution in [0.15, 0.2) is 42.5 Å². The van der Waals surface area contributed by atoms with Crippen molar-refractivity contribution in [3.05, 3.63) is 59.2 Å². The number of carbonyl (C=O) groups is 1. The lowest BCUT2D eigenvalue weighted by Crippen LogP contribution is -2.14. The minimum Gasteiger partial charge on any atom is -0.492 e. The van der Waals surface area contributed by atoms with Crippen molar-refractivity contribution in [1.29, 1.82) is 5.26 Å². The molecule has 6 heteroatoms. The number of nitrogens with zero attached hydrogens (tertiary/aromatic N) is 1. The van der Waals surface area contributed by atoms with Crippen molar-refractivity contribution in [2.75, 3.05) is 11.9 Å². The number of nitriles is 1. The number of anilines is 1. The summed E-state index contributed by atoms with van der Waals surface area (Å²) in [5.74, 6) is -0.660. The number of carboxylic acids is 1. The van der Waals surface area contributed by atoms with Crippen molar-refractivity contribution < 1.29 is 19.7 Å². The van der Waals surface area contributed by atoms with E-state index in [0.29, 0.717) is 23.6 Å². The van der Waals surface area contributed by atoms with Crippen LogP contribution in [0.3, 0.4) is 0 Å². The van der Waals surface area contributed by atoms with E-state index in [2.05, 4.69) is 5.32 Å². The first-order valence-corrected chi connectivity index (χ1v) is 7.00.